The van der Waals surface area contributed by atoms with Gasteiger partial charge in [-0.25, -0.2) is 26.3 Å². The van der Waals surface area contributed by atoms with Gasteiger partial charge in [-0.1, -0.05) is 13.8 Å². The van der Waals surface area contributed by atoms with Crippen LogP contribution in [0.2, 0.25) is 0 Å². The number of sulfonamides is 1. The van der Waals surface area contributed by atoms with Gasteiger partial charge in [0.05, 0.1) is 10.5 Å². The fraction of sp³-hybridized carbons (Fsp3) is 0.500. The third-order valence-electron chi connectivity index (χ3n) is 3.13. The lowest BCUT2D eigenvalue weighted by atomic mass is 9.93. The molecule has 114 valence electrons. The molecule has 20 heavy (non-hydrogen) atoms. The van der Waals surface area contributed by atoms with Crippen LogP contribution in [0.15, 0.2) is 17.0 Å². The van der Waals surface area contributed by atoms with E-state index in [-0.39, 0.29) is 12.5 Å². The summed E-state index contributed by atoms with van der Waals surface area (Å²) in [5, 5.41) is 9.92. The van der Waals surface area contributed by atoms with Crippen LogP contribution in [0.5, 0.6) is 0 Å². The zero-order valence-electron chi connectivity index (χ0n) is 11.2. The van der Waals surface area contributed by atoms with Crippen LogP contribution < -0.4 is 4.72 Å². The minimum Gasteiger partial charge on any atom is -0.389 e. The maximum Gasteiger partial charge on any atom is 0.240 e. The van der Waals surface area contributed by atoms with Gasteiger partial charge in [0.25, 0.3) is 0 Å². The van der Waals surface area contributed by atoms with Gasteiger partial charge in [0.2, 0.25) is 10.0 Å². The number of nitrogens with one attached hydrogen (secondary N) is 1. The van der Waals surface area contributed by atoms with Gasteiger partial charge in [-0.2, -0.15) is 0 Å². The van der Waals surface area contributed by atoms with E-state index in [0.29, 0.717) is 12.1 Å². The van der Waals surface area contributed by atoms with Crippen LogP contribution in [-0.2, 0) is 10.0 Å². The quantitative estimate of drug-likeness (QED) is 0.815. The predicted octanol–water partition coefficient (Wildman–Crippen LogP) is 1.79. The minimum atomic E-state index is -4.25. The van der Waals surface area contributed by atoms with Crippen LogP contribution in [0.4, 0.5) is 13.2 Å². The highest BCUT2D eigenvalue weighted by Gasteiger charge is 2.28. The Hall–Kier alpha value is -1.12. The van der Waals surface area contributed by atoms with Crippen LogP contribution in [0.3, 0.4) is 0 Å². The average molecular weight is 311 g/mol. The van der Waals surface area contributed by atoms with E-state index in [2.05, 4.69) is 0 Å². The van der Waals surface area contributed by atoms with Crippen molar-refractivity contribution < 1.29 is 26.7 Å². The standard InChI is InChI=1S/C12H16F3NO3S/c1-7(2)12(3,17)6-16-20(18,19)8-4-9(13)11(15)10(14)5-8/h4-5,7,16-17H,6H2,1-3H3. The Labute approximate surface area is 115 Å². The third kappa shape index (κ3) is 3.71. The van der Waals surface area contributed by atoms with E-state index in [0.717, 1.165) is 0 Å². The molecule has 0 aromatic heterocycles. The summed E-state index contributed by atoms with van der Waals surface area (Å²) in [5.41, 5.74) is -1.33. The first-order valence-corrected chi connectivity index (χ1v) is 7.32. The molecule has 0 amide bonds. The van der Waals surface area contributed by atoms with E-state index in [1.54, 1.807) is 13.8 Å². The maximum atomic E-state index is 13.0. The van der Waals surface area contributed by atoms with Gasteiger partial charge in [-0.3, -0.25) is 0 Å². The van der Waals surface area contributed by atoms with Crippen molar-refractivity contribution >= 4 is 10.0 Å². The molecule has 0 aliphatic carbocycles. The molecule has 0 fully saturated rings. The first kappa shape index (κ1) is 16.9. The van der Waals surface area contributed by atoms with Gasteiger partial charge in [0.15, 0.2) is 17.5 Å². The van der Waals surface area contributed by atoms with Gasteiger partial charge in [0.1, 0.15) is 0 Å². The molecule has 1 unspecified atom stereocenters. The lowest BCUT2D eigenvalue weighted by Crippen LogP contribution is -2.44. The zero-order valence-corrected chi connectivity index (χ0v) is 12.1. The third-order valence-corrected chi connectivity index (χ3v) is 4.51. The topological polar surface area (TPSA) is 66.4 Å². The molecule has 0 aliphatic heterocycles. The highest BCUT2D eigenvalue weighted by Crippen LogP contribution is 2.19. The Morgan fingerprint density at radius 3 is 2.10 bits per heavy atom. The molecular weight excluding hydrogens is 295 g/mol. The van der Waals surface area contributed by atoms with Crippen molar-refractivity contribution in [3.8, 4) is 0 Å². The molecule has 8 heteroatoms. The average Bonchev–Trinajstić information content (AvgIpc) is 2.33. The molecule has 0 radical (unpaired) electrons. The minimum absolute atomic E-state index is 0.244. The van der Waals surface area contributed by atoms with Gasteiger partial charge in [-0.05, 0) is 25.0 Å². The second kappa shape index (κ2) is 5.71. The number of aliphatic hydroxyl groups is 1. The number of hydrogen-bond acceptors (Lipinski definition) is 3. The molecule has 1 aromatic rings. The first-order chi connectivity index (χ1) is 8.97. The van der Waals surface area contributed by atoms with E-state index in [1.807, 2.05) is 4.72 Å². The molecule has 0 aliphatic rings. The number of hydrogen-bond donors (Lipinski definition) is 2. The summed E-state index contributed by atoms with van der Waals surface area (Å²) >= 11 is 0. The van der Waals surface area contributed by atoms with E-state index in [1.165, 1.54) is 6.92 Å². The van der Waals surface area contributed by atoms with Crippen LogP contribution in [-0.4, -0.2) is 25.7 Å². The zero-order chi connectivity index (χ0) is 15.7. The largest absolute Gasteiger partial charge is 0.389 e. The molecule has 0 spiro atoms. The van der Waals surface area contributed by atoms with Crippen molar-refractivity contribution in [3.05, 3.63) is 29.6 Å². The summed E-state index contributed by atoms with van der Waals surface area (Å²) < 4.78 is 64.5. The Bertz CT molecular complexity index is 577. The van der Waals surface area contributed by atoms with Crippen molar-refractivity contribution in [2.75, 3.05) is 6.54 Å². The lowest BCUT2D eigenvalue weighted by molar-refractivity contribution is 0.0190. The van der Waals surface area contributed by atoms with Gasteiger partial charge < -0.3 is 5.11 Å². The molecule has 0 heterocycles. The number of rotatable bonds is 5. The maximum absolute atomic E-state index is 13.0. The van der Waals surface area contributed by atoms with Crippen molar-refractivity contribution in [1.82, 2.24) is 4.72 Å². The highest BCUT2D eigenvalue weighted by molar-refractivity contribution is 7.89. The van der Waals surface area contributed by atoms with E-state index >= 15 is 0 Å². The summed E-state index contributed by atoms with van der Waals surface area (Å²) in [6.07, 6.45) is 0. The van der Waals surface area contributed by atoms with E-state index < -0.39 is 38.0 Å². The van der Waals surface area contributed by atoms with E-state index in [4.69, 9.17) is 0 Å². The molecule has 0 saturated carbocycles. The molecule has 0 bridgehead atoms. The van der Waals surface area contributed by atoms with Crippen molar-refractivity contribution in [3.63, 3.8) is 0 Å². The fourth-order valence-electron chi connectivity index (χ4n) is 1.22. The molecule has 2 N–H and O–H groups in total. The van der Waals surface area contributed by atoms with Gasteiger partial charge in [-0.15, -0.1) is 0 Å². The molecular formula is C12H16F3NO3S. The number of halogens is 3. The Morgan fingerprint density at radius 2 is 1.70 bits per heavy atom. The van der Waals surface area contributed by atoms with Crippen molar-refractivity contribution in [2.45, 2.75) is 31.3 Å². The molecule has 4 nitrogen and oxygen atoms in total. The summed E-state index contributed by atoms with van der Waals surface area (Å²) in [4.78, 5) is -0.742. The highest BCUT2D eigenvalue weighted by atomic mass is 32.2. The number of benzene rings is 1. The SMILES string of the molecule is CC(C)C(C)(O)CNS(=O)(=O)c1cc(F)c(F)c(F)c1. The van der Waals surface area contributed by atoms with Gasteiger partial charge >= 0.3 is 0 Å². The molecule has 0 saturated heterocycles. The monoisotopic (exact) mass is 311 g/mol. The Kier molecular flexibility index (Phi) is 4.83. The van der Waals surface area contributed by atoms with Crippen LogP contribution in [0.25, 0.3) is 0 Å². The van der Waals surface area contributed by atoms with Crippen LogP contribution >= 0.6 is 0 Å². The fourth-order valence-corrected chi connectivity index (χ4v) is 2.38. The second-order valence-electron chi connectivity index (χ2n) is 5.04. The smallest absolute Gasteiger partial charge is 0.240 e. The Morgan fingerprint density at radius 1 is 1.25 bits per heavy atom. The normalized spacial score (nSPS) is 15.4. The summed E-state index contributed by atoms with van der Waals surface area (Å²) in [5.74, 6) is -5.17. The lowest BCUT2D eigenvalue weighted by Gasteiger charge is -2.27. The predicted molar refractivity (Wildman–Crippen MR) is 67.0 cm³/mol. The summed E-state index contributed by atoms with van der Waals surface area (Å²) in [6.45, 7) is 4.46. The van der Waals surface area contributed by atoms with Crippen LogP contribution in [0, 0.1) is 23.4 Å². The molecule has 1 rings (SSSR count). The van der Waals surface area contributed by atoms with Crippen LogP contribution in [0.1, 0.15) is 20.8 Å². The molecule has 1 aromatic carbocycles. The summed E-state index contributed by atoms with van der Waals surface area (Å²) in [7, 11) is -4.25. The van der Waals surface area contributed by atoms with Crippen molar-refractivity contribution in [1.29, 1.82) is 0 Å². The second-order valence-corrected chi connectivity index (χ2v) is 6.80. The van der Waals surface area contributed by atoms with Gasteiger partial charge in [0, 0.05) is 6.54 Å². The van der Waals surface area contributed by atoms with E-state index in [9.17, 15) is 26.7 Å². The van der Waals surface area contributed by atoms with Crippen molar-refractivity contribution in [2.24, 2.45) is 5.92 Å². The molecule has 1 atom stereocenters. The first-order valence-electron chi connectivity index (χ1n) is 5.84. The Balaban J connectivity index is 3.01. The summed E-state index contributed by atoms with van der Waals surface area (Å²) in [6, 6.07) is 0.760.